The average molecular weight is 400 g/mol. The van der Waals surface area contributed by atoms with E-state index in [1.54, 1.807) is 0 Å². The largest absolute Gasteiger partial charge is 0.0683 e. The zero-order valence-corrected chi connectivity index (χ0v) is 16.4. The molecule has 110 valence electrons. The molecule has 20 heavy (non-hydrogen) atoms. The fourth-order valence-electron chi connectivity index (χ4n) is 1.68. The Balaban J connectivity index is 0.000000829. The summed E-state index contributed by atoms with van der Waals surface area (Å²) in [5.41, 5.74) is 4.97. The molecule has 2 rings (SSSR count). The zero-order chi connectivity index (χ0) is 15.7. The second-order valence-electron chi connectivity index (χ2n) is 3.97. The van der Waals surface area contributed by atoms with Gasteiger partial charge in [0.05, 0.1) is 0 Å². The molecule has 0 fully saturated rings. The molecule has 0 unspecified atom stereocenters. The van der Waals surface area contributed by atoms with Crippen LogP contribution in [0.1, 0.15) is 38.8 Å². The molecule has 0 aliphatic heterocycles. The highest BCUT2D eigenvalue weighted by Crippen LogP contribution is 2.34. The molecule has 2 aromatic carbocycles. The van der Waals surface area contributed by atoms with Crippen molar-refractivity contribution in [1.82, 2.24) is 0 Å². The van der Waals surface area contributed by atoms with Gasteiger partial charge in [-0.15, -0.1) is 0 Å². The number of aryl methyl sites for hydroxylation is 2. The molecule has 0 saturated carbocycles. The van der Waals surface area contributed by atoms with Crippen LogP contribution < -0.4 is 0 Å². The standard InChI is InChI=1S/C14H12Br2.2C2H6/c1-9-3-5-11(13(15)7-9)12-6-4-10(2)8-14(12)16;2*1-2/h3-8H,1-2H3;2*1-2H3. The van der Waals surface area contributed by atoms with Crippen molar-refractivity contribution < 1.29 is 0 Å². The van der Waals surface area contributed by atoms with Crippen LogP contribution in [0.5, 0.6) is 0 Å². The molecular formula is C18H24Br2. The molecule has 0 radical (unpaired) electrons. The van der Waals surface area contributed by atoms with Gasteiger partial charge >= 0.3 is 0 Å². The van der Waals surface area contributed by atoms with Gasteiger partial charge in [-0.3, -0.25) is 0 Å². The van der Waals surface area contributed by atoms with Crippen molar-refractivity contribution in [2.24, 2.45) is 0 Å². The number of hydrogen-bond donors (Lipinski definition) is 0. The lowest BCUT2D eigenvalue weighted by Gasteiger charge is -2.08. The van der Waals surface area contributed by atoms with E-state index in [0.717, 1.165) is 8.95 Å². The Bertz CT molecular complexity index is 481. The second-order valence-corrected chi connectivity index (χ2v) is 5.68. The molecule has 0 nitrogen and oxygen atoms in total. The van der Waals surface area contributed by atoms with Crippen LogP contribution in [0.3, 0.4) is 0 Å². The SMILES string of the molecule is CC.CC.Cc1ccc(-c2ccc(C)cc2Br)c(Br)c1. The van der Waals surface area contributed by atoms with Gasteiger partial charge in [0.25, 0.3) is 0 Å². The second kappa shape index (κ2) is 10.2. The lowest BCUT2D eigenvalue weighted by atomic mass is 10.0. The van der Waals surface area contributed by atoms with Gasteiger partial charge in [-0.05, 0) is 48.2 Å². The highest BCUT2D eigenvalue weighted by Gasteiger charge is 2.06. The van der Waals surface area contributed by atoms with Crippen molar-refractivity contribution in [3.05, 3.63) is 56.5 Å². The number of benzene rings is 2. The van der Waals surface area contributed by atoms with Crippen LogP contribution in [0.4, 0.5) is 0 Å². The molecule has 0 spiro atoms. The minimum absolute atomic E-state index is 1.14. The van der Waals surface area contributed by atoms with E-state index in [4.69, 9.17) is 0 Å². The van der Waals surface area contributed by atoms with E-state index in [9.17, 15) is 0 Å². The van der Waals surface area contributed by atoms with E-state index in [2.05, 4.69) is 82.1 Å². The van der Waals surface area contributed by atoms with Crippen molar-refractivity contribution in [3.8, 4) is 11.1 Å². The summed E-state index contributed by atoms with van der Waals surface area (Å²) < 4.78 is 2.27. The molecule has 0 heterocycles. The quantitative estimate of drug-likeness (QED) is 0.464. The van der Waals surface area contributed by atoms with Crippen molar-refractivity contribution in [2.75, 3.05) is 0 Å². The first-order valence-corrected chi connectivity index (χ1v) is 8.69. The smallest absolute Gasteiger partial charge is 0.0256 e. The first-order valence-electron chi connectivity index (χ1n) is 7.10. The summed E-state index contributed by atoms with van der Waals surface area (Å²) in [7, 11) is 0. The van der Waals surface area contributed by atoms with Crippen molar-refractivity contribution in [1.29, 1.82) is 0 Å². The summed E-state index contributed by atoms with van der Waals surface area (Å²) in [5.74, 6) is 0. The summed E-state index contributed by atoms with van der Waals surface area (Å²) in [4.78, 5) is 0. The number of hydrogen-bond acceptors (Lipinski definition) is 0. The Hall–Kier alpha value is -0.600. The predicted octanol–water partition coefficient (Wildman–Crippen LogP) is 7.55. The van der Waals surface area contributed by atoms with Gasteiger partial charge in [-0.1, -0.05) is 83.8 Å². The highest BCUT2D eigenvalue weighted by molar-refractivity contribution is 9.11. The average Bonchev–Trinajstić information content (AvgIpc) is 2.44. The molecule has 2 heteroatoms. The summed E-state index contributed by atoms with van der Waals surface area (Å²) in [6, 6.07) is 12.8. The minimum Gasteiger partial charge on any atom is -0.0683 e. The maximum Gasteiger partial charge on any atom is 0.0256 e. The summed E-state index contributed by atoms with van der Waals surface area (Å²) in [6.45, 7) is 12.2. The number of rotatable bonds is 1. The van der Waals surface area contributed by atoms with Gasteiger partial charge in [0.1, 0.15) is 0 Å². The molecule has 0 bridgehead atoms. The molecule has 0 N–H and O–H groups in total. The molecule has 0 saturated heterocycles. The molecule has 2 aromatic rings. The van der Waals surface area contributed by atoms with Gasteiger partial charge in [-0.2, -0.15) is 0 Å². The van der Waals surface area contributed by atoms with Crippen LogP contribution in [-0.4, -0.2) is 0 Å². The Morgan fingerprint density at radius 3 is 1.15 bits per heavy atom. The maximum atomic E-state index is 3.62. The molecular weight excluding hydrogens is 376 g/mol. The van der Waals surface area contributed by atoms with Crippen LogP contribution in [0, 0.1) is 13.8 Å². The number of halogens is 2. The first-order chi connectivity index (χ1) is 9.58. The summed E-state index contributed by atoms with van der Waals surface area (Å²) >= 11 is 7.23. The van der Waals surface area contributed by atoms with Crippen molar-refractivity contribution in [3.63, 3.8) is 0 Å². The predicted molar refractivity (Wildman–Crippen MR) is 99.4 cm³/mol. The van der Waals surface area contributed by atoms with Crippen molar-refractivity contribution in [2.45, 2.75) is 41.5 Å². The van der Waals surface area contributed by atoms with Gasteiger partial charge in [0.2, 0.25) is 0 Å². The molecule has 0 aromatic heterocycles. The topological polar surface area (TPSA) is 0 Å². The third-order valence-electron chi connectivity index (χ3n) is 2.54. The fourth-order valence-corrected chi connectivity index (χ4v) is 3.09. The van der Waals surface area contributed by atoms with E-state index in [0.29, 0.717) is 0 Å². The maximum absolute atomic E-state index is 3.62. The van der Waals surface area contributed by atoms with E-state index in [-0.39, 0.29) is 0 Å². The Kier molecular flexibility index (Phi) is 9.87. The van der Waals surface area contributed by atoms with E-state index in [1.807, 2.05) is 27.7 Å². The Morgan fingerprint density at radius 2 is 0.900 bits per heavy atom. The normalized spacial score (nSPS) is 9.00. The van der Waals surface area contributed by atoms with E-state index >= 15 is 0 Å². The van der Waals surface area contributed by atoms with Gasteiger partial charge in [-0.25, -0.2) is 0 Å². The first kappa shape index (κ1) is 19.4. The van der Waals surface area contributed by atoms with Crippen LogP contribution in [0.25, 0.3) is 11.1 Å². The third kappa shape index (κ3) is 5.41. The highest BCUT2D eigenvalue weighted by atomic mass is 79.9. The van der Waals surface area contributed by atoms with Crippen LogP contribution >= 0.6 is 31.9 Å². The third-order valence-corrected chi connectivity index (χ3v) is 3.85. The Labute approximate surface area is 140 Å². The molecule has 0 atom stereocenters. The lowest BCUT2D eigenvalue weighted by Crippen LogP contribution is -1.84. The van der Waals surface area contributed by atoms with Gasteiger partial charge in [0.15, 0.2) is 0 Å². The molecule has 0 amide bonds. The van der Waals surface area contributed by atoms with E-state index < -0.39 is 0 Å². The van der Waals surface area contributed by atoms with Gasteiger partial charge in [0, 0.05) is 8.95 Å². The van der Waals surface area contributed by atoms with Gasteiger partial charge < -0.3 is 0 Å². The van der Waals surface area contributed by atoms with Crippen LogP contribution in [-0.2, 0) is 0 Å². The lowest BCUT2D eigenvalue weighted by molar-refractivity contribution is 1.42. The monoisotopic (exact) mass is 398 g/mol. The summed E-state index contributed by atoms with van der Waals surface area (Å²) in [6.07, 6.45) is 0. The van der Waals surface area contributed by atoms with Crippen LogP contribution in [0.2, 0.25) is 0 Å². The minimum atomic E-state index is 1.14. The van der Waals surface area contributed by atoms with Crippen molar-refractivity contribution >= 4 is 31.9 Å². The zero-order valence-electron chi connectivity index (χ0n) is 13.2. The van der Waals surface area contributed by atoms with E-state index in [1.165, 1.54) is 22.3 Å². The fraction of sp³-hybridized carbons (Fsp3) is 0.333. The van der Waals surface area contributed by atoms with Crippen LogP contribution in [0.15, 0.2) is 45.3 Å². The molecule has 0 aliphatic rings. The molecule has 0 aliphatic carbocycles. The summed E-state index contributed by atoms with van der Waals surface area (Å²) in [5, 5.41) is 0. The Morgan fingerprint density at radius 1 is 0.600 bits per heavy atom.